The van der Waals surface area contributed by atoms with Gasteiger partial charge in [-0.25, -0.2) is 23.1 Å². The van der Waals surface area contributed by atoms with Crippen molar-refractivity contribution in [3.05, 3.63) is 35.9 Å². The van der Waals surface area contributed by atoms with E-state index in [1.54, 1.807) is 25.4 Å². The van der Waals surface area contributed by atoms with Crippen molar-refractivity contribution in [2.45, 2.75) is 56.9 Å². The Balaban J connectivity index is 1.42. The first-order chi connectivity index (χ1) is 14.8. The van der Waals surface area contributed by atoms with Crippen LogP contribution in [0.25, 0.3) is 0 Å². The molecule has 3 unspecified atom stereocenters. The Labute approximate surface area is 182 Å². The van der Waals surface area contributed by atoms with Crippen molar-refractivity contribution < 1.29 is 18.3 Å². The molecule has 0 amide bonds. The molecular formula is C20H30N6O4S. The van der Waals surface area contributed by atoms with Crippen LogP contribution >= 0.6 is 0 Å². The summed E-state index contributed by atoms with van der Waals surface area (Å²) in [5.41, 5.74) is 1.59. The third-order valence-corrected chi connectivity index (χ3v) is 6.63. The first kappa shape index (κ1) is 22.1. The topological polar surface area (TPSA) is 122 Å². The van der Waals surface area contributed by atoms with Gasteiger partial charge in [-0.15, -0.1) is 0 Å². The highest BCUT2D eigenvalue weighted by Gasteiger charge is 2.34. The van der Waals surface area contributed by atoms with Crippen molar-refractivity contribution in [3.63, 3.8) is 0 Å². The number of sulfonamides is 1. The van der Waals surface area contributed by atoms with Crippen LogP contribution in [0.4, 0.5) is 5.95 Å². The van der Waals surface area contributed by atoms with Gasteiger partial charge in [0.2, 0.25) is 16.0 Å². The molecule has 0 spiro atoms. The Morgan fingerprint density at radius 1 is 1.26 bits per heavy atom. The maximum absolute atomic E-state index is 11.9. The lowest BCUT2D eigenvalue weighted by atomic mass is 9.98. The molecule has 170 valence electrons. The van der Waals surface area contributed by atoms with Crippen LogP contribution in [0, 0.1) is 0 Å². The molecule has 2 aromatic rings. The Morgan fingerprint density at radius 2 is 1.97 bits per heavy atom. The summed E-state index contributed by atoms with van der Waals surface area (Å²) in [7, 11) is -3.37. The van der Waals surface area contributed by atoms with E-state index in [2.05, 4.69) is 24.7 Å². The molecule has 0 aromatic carbocycles. The van der Waals surface area contributed by atoms with E-state index in [4.69, 9.17) is 4.74 Å². The van der Waals surface area contributed by atoms with E-state index in [1.165, 1.54) is 6.26 Å². The second kappa shape index (κ2) is 9.19. The van der Waals surface area contributed by atoms with E-state index in [-0.39, 0.29) is 18.2 Å². The SMILES string of the molecule is CC(O)c1cc2n(n1)C(COC1CCN(c3ncccn3)CC1)C(NS(C)(=O)=O)CC2. The molecule has 1 fully saturated rings. The molecule has 0 saturated carbocycles. The standard InChI is InChI=1S/C20H30N6O4S/c1-14(27)18-12-15-4-5-17(24-31(2,28)29)19(26(15)23-18)13-30-16-6-10-25(11-7-16)20-21-8-3-9-22-20/h3,8-9,12,14,16-17,19,24,27H,4-7,10-11,13H2,1-2H3. The summed E-state index contributed by atoms with van der Waals surface area (Å²) in [6.07, 6.45) is 7.11. The number of aliphatic hydroxyl groups is 1. The first-order valence-electron chi connectivity index (χ1n) is 10.7. The average molecular weight is 451 g/mol. The Kier molecular flexibility index (Phi) is 6.56. The summed E-state index contributed by atoms with van der Waals surface area (Å²) in [4.78, 5) is 10.8. The van der Waals surface area contributed by atoms with Gasteiger partial charge in [-0.2, -0.15) is 5.10 Å². The second-order valence-corrected chi connectivity index (χ2v) is 10.1. The molecule has 2 aliphatic heterocycles. The fraction of sp³-hybridized carbons (Fsp3) is 0.650. The second-order valence-electron chi connectivity index (χ2n) is 8.35. The van der Waals surface area contributed by atoms with E-state index in [0.717, 1.165) is 37.6 Å². The molecule has 3 atom stereocenters. The zero-order valence-electron chi connectivity index (χ0n) is 17.9. The minimum absolute atomic E-state index is 0.0796. The van der Waals surface area contributed by atoms with Crippen LogP contribution in [-0.4, -0.2) is 71.4 Å². The van der Waals surface area contributed by atoms with Crippen molar-refractivity contribution >= 4 is 16.0 Å². The molecule has 2 N–H and O–H groups in total. The predicted octanol–water partition coefficient (Wildman–Crippen LogP) is 0.817. The summed E-state index contributed by atoms with van der Waals surface area (Å²) in [6.45, 7) is 3.65. The van der Waals surface area contributed by atoms with E-state index in [9.17, 15) is 13.5 Å². The summed E-state index contributed by atoms with van der Waals surface area (Å²) in [5.74, 6) is 0.734. The number of aliphatic hydroxyl groups excluding tert-OH is 1. The monoisotopic (exact) mass is 450 g/mol. The van der Waals surface area contributed by atoms with Crippen LogP contribution in [0.15, 0.2) is 24.5 Å². The minimum Gasteiger partial charge on any atom is -0.387 e. The maximum atomic E-state index is 11.9. The molecule has 10 nitrogen and oxygen atoms in total. The van der Waals surface area contributed by atoms with Gasteiger partial charge >= 0.3 is 0 Å². The van der Waals surface area contributed by atoms with E-state index in [1.807, 2.05) is 10.7 Å². The zero-order chi connectivity index (χ0) is 22.0. The van der Waals surface area contributed by atoms with Gasteiger partial charge in [-0.1, -0.05) is 0 Å². The predicted molar refractivity (Wildman–Crippen MR) is 115 cm³/mol. The Morgan fingerprint density at radius 3 is 2.61 bits per heavy atom. The molecule has 0 aliphatic carbocycles. The van der Waals surface area contributed by atoms with Crippen molar-refractivity contribution in [3.8, 4) is 0 Å². The number of fused-ring (bicyclic) bond motifs is 1. The fourth-order valence-electron chi connectivity index (χ4n) is 4.31. The van der Waals surface area contributed by atoms with Crippen LogP contribution in [0.1, 0.15) is 49.7 Å². The molecule has 1 saturated heterocycles. The first-order valence-corrected chi connectivity index (χ1v) is 12.6. The highest BCUT2D eigenvalue weighted by molar-refractivity contribution is 7.88. The molecular weight excluding hydrogens is 420 g/mol. The lowest BCUT2D eigenvalue weighted by Crippen LogP contribution is -2.47. The number of hydrogen-bond donors (Lipinski definition) is 2. The number of piperidine rings is 1. The van der Waals surface area contributed by atoms with E-state index >= 15 is 0 Å². The molecule has 31 heavy (non-hydrogen) atoms. The van der Waals surface area contributed by atoms with Gasteiger partial charge in [0, 0.05) is 37.2 Å². The van der Waals surface area contributed by atoms with Crippen LogP contribution in [0.2, 0.25) is 0 Å². The largest absolute Gasteiger partial charge is 0.387 e. The van der Waals surface area contributed by atoms with Gasteiger partial charge in [0.1, 0.15) is 0 Å². The fourth-order valence-corrected chi connectivity index (χ4v) is 5.13. The molecule has 2 aromatic heterocycles. The van der Waals surface area contributed by atoms with Gasteiger partial charge in [0.05, 0.1) is 36.8 Å². The van der Waals surface area contributed by atoms with Gasteiger partial charge in [-0.3, -0.25) is 4.68 Å². The number of ether oxygens (including phenoxy) is 1. The summed E-state index contributed by atoms with van der Waals surface area (Å²) >= 11 is 0. The quantitative estimate of drug-likeness (QED) is 0.636. The minimum atomic E-state index is -3.37. The number of aromatic nitrogens is 4. The number of rotatable bonds is 7. The maximum Gasteiger partial charge on any atom is 0.225 e. The van der Waals surface area contributed by atoms with Crippen LogP contribution in [-0.2, 0) is 21.2 Å². The van der Waals surface area contributed by atoms with Crippen LogP contribution < -0.4 is 9.62 Å². The highest BCUT2D eigenvalue weighted by atomic mass is 32.2. The average Bonchev–Trinajstić information content (AvgIpc) is 3.18. The lowest BCUT2D eigenvalue weighted by Gasteiger charge is -2.36. The third-order valence-electron chi connectivity index (χ3n) is 5.90. The molecule has 2 aliphatic rings. The van der Waals surface area contributed by atoms with E-state index < -0.39 is 16.1 Å². The van der Waals surface area contributed by atoms with Gasteiger partial charge in [0.15, 0.2) is 0 Å². The molecule has 11 heteroatoms. The Hall–Kier alpha value is -2.08. The smallest absolute Gasteiger partial charge is 0.225 e. The molecule has 4 heterocycles. The lowest BCUT2D eigenvalue weighted by molar-refractivity contribution is 0.00582. The normalized spacial score (nSPS) is 23.5. The van der Waals surface area contributed by atoms with Crippen LogP contribution in [0.5, 0.6) is 0 Å². The van der Waals surface area contributed by atoms with Crippen LogP contribution in [0.3, 0.4) is 0 Å². The number of aryl methyl sites for hydroxylation is 1. The molecule has 0 radical (unpaired) electrons. The number of hydrogen-bond acceptors (Lipinski definition) is 8. The summed E-state index contributed by atoms with van der Waals surface area (Å²) in [5, 5.41) is 14.5. The van der Waals surface area contributed by atoms with Crippen molar-refractivity contribution in [1.82, 2.24) is 24.5 Å². The number of anilines is 1. The summed E-state index contributed by atoms with van der Waals surface area (Å²) < 4.78 is 34.7. The van der Waals surface area contributed by atoms with Gasteiger partial charge in [0.25, 0.3) is 0 Å². The van der Waals surface area contributed by atoms with Crippen molar-refractivity contribution in [2.75, 3.05) is 30.9 Å². The number of nitrogens with zero attached hydrogens (tertiary/aromatic N) is 5. The highest BCUT2D eigenvalue weighted by Crippen LogP contribution is 2.29. The molecule has 4 rings (SSSR count). The zero-order valence-corrected chi connectivity index (χ0v) is 18.7. The number of nitrogens with one attached hydrogen (secondary N) is 1. The third kappa shape index (κ3) is 5.40. The molecule has 0 bridgehead atoms. The van der Waals surface area contributed by atoms with Gasteiger partial charge < -0.3 is 14.7 Å². The van der Waals surface area contributed by atoms with Crippen molar-refractivity contribution in [2.24, 2.45) is 0 Å². The van der Waals surface area contributed by atoms with Crippen molar-refractivity contribution in [1.29, 1.82) is 0 Å². The Bertz CT molecular complexity index is 973. The van der Waals surface area contributed by atoms with Gasteiger partial charge in [-0.05, 0) is 44.7 Å². The van der Waals surface area contributed by atoms with E-state index in [0.29, 0.717) is 25.1 Å². The summed E-state index contributed by atoms with van der Waals surface area (Å²) in [6, 6.07) is 3.13.